The Morgan fingerprint density at radius 2 is 1.95 bits per heavy atom. The average Bonchev–Trinajstić information content (AvgIpc) is 2.53. The molecule has 1 aliphatic heterocycles. The van der Waals surface area contributed by atoms with Crippen LogP contribution in [-0.2, 0) is 9.47 Å². The van der Waals surface area contributed by atoms with Crippen molar-refractivity contribution in [3.05, 3.63) is 0 Å². The van der Waals surface area contributed by atoms with E-state index in [1.165, 1.54) is 32.1 Å². The summed E-state index contributed by atoms with van der Waals surface area (Å²) in [5.41, 5.74) is -0.430. The van der Waals surface area contributed by atoms with Crippen LogP contribution >= 0.6 is 0 Å². The van der Waals surface area contributed by atoms with Crippen molar-refractivity contribution in [2.75, 3.05) is 6.61 Å². The van der Waals surface area contributed by atoms with E-state index >= 15 is 0 Å². The third-order valence-corrected chi connectivity index (χ3v) is 5.13. The maximum Gasteiger partial charge on any atom is 0.160 e. The number of hydrogen-bond acceptors (Lipinski definition) is 3. The SMILES string of the molecule is CCCCC1OC(C2CCCCC2)OCC1(C#N)CC. The Balaban J connectivity index is 2.02. The summed E-state index contributed by atoms with van der Waals surface area (Å²) in [7, 11) is 0. The first kappa shape index (κ1) is 15.8. The second-order valence-corrected chi connectivity index (χ2v) is 6.47. The van der Waals surface area contributed by atoms with Crippen LogP contribution in [0.2, 0.25) is 0 Å². The number of hydrogen-bond donors (Lipinski definition) is 0. The van der Waals surface area contributed by atoms with E-state index in [0.717, 1.165) is 25.7 Å². The monoisotopic (exact) mass is 279 g/mol. The highest BCUT2D eigenvalue weighted by Crippen LogP contribution is 2.40. The van der Waals surface area contributed by atoms with Gasteiger partial charge in [0.2, 0.25) is 0 Å². The Morgan fingerprint density at radius 3 is 2.55 bits per heavy atom. The summed E-state index contributed by atoms with van der Waals surface area (Å²) in [4.78, 5) is 0. The molecule has 3 unspecified atom stereocenters. The molecule has 3 atom stereocenters. The van der Waals surface area contributed by atoms with Crippen molar-refractivity contribution in [3.63, 3.8) is 0 Å². The van der Waals surface area contributed by atoms with E-state index in [1.807, 2.05) is 0 Å². The Labute approximate surface area is 123 Å². The molecule has 3 heteroatoms. The van der Waals surface area contributed by atoms with Crippen molar-refractivity contribution in [1.29, 1.82) is 5.26 Å². The molecular formula is C17H29NO2. The molecule has 0 aromatic rings. The normalized spacial score (nSPS) is 35.6. The largest absolute Gasteiger partial charge is 0.351 e. The molecule has 0 radical (unpaired) electrons. The fourth-order valence-electron chi connectivity index (χ4n) is 3.56. The molecule has 2 rings (SSSR count). The lowest BCUT2D eigenvalue weighted by molar-refractivity contribution is -0.277. The second kappa shape index (κ2) is 7.43. The minimum Gasteiger partial charge on any atom is -0.351 e. The highest BCUT2D eigenvalue weighted by Gasteiger charge is 2.46. The molecule has 0 amide bonds. The van der Waals surface area contributed by atoms with Gasteiger partial charge in [0.25, 0.3) is 0 Å². The van der Waals surface area contributed by atoms with Gasteiger partial charge in [-0.25, -0.2) is 0 Å². The zero-order chi connectivity index (χ0) is 14.4. The maximum absolute atomic E-state index is 9.60. The van der Waals surface area contributed by atoms with Gasteiger partial charge in [0.05, 0.1) is 18.8 Å². The summed E-state index contributed by atoms with van der Waals surface area (Å²) in [6, 6.07) is 2.50. The lowest BCUT2D eigenvalue weighted by Crippen LogP contribution is -2.50. The third-order valence-electron chi connectivity index (χ3n) is 5.13. The number of nitrogens with zero attached hydrogens (tertiary/aromatic N) is 1. The molecule has 1 aliphatic carbocycles. The van der Waals surface area contributed by atoms with Gasteiger partial charge in [-0.3, -0.25) is 0 Å². The fourth-order valence-corrected chi connectivity index (χ4v) is 3.56. The van der Waals surface area contributed by atoms with Crippen molar-refractivity contribution in [3.8, 4) is 6.07 Å². The minimum atomic E-state index is -0.430. The summed E-state index contributed by atoms with van der Waals surface area (Å²) in [6.45, 7) is 4.82. The zero-order valence-corrected chi connectivity index (χ0v) is 13.1. The number of unbranched alkanes of at least 4 members (excludes halogenated alkanes) is 1. The van der Waals surface area contributed by atoms with Crippen molar-refractivity contribution in [2.24, 2.45) is 11.3 Å². The summed E-state index contributed by atoms with van der Waals surface area (Å²) in [5.74, 6) is 0.543. The predicted molar refractivity (Wildman–Crippen MR) is 79.1 cm³/mol. The Hall–Kier alpha value is -0.590. The lowest BCUT2D eigenvalue weighted by atomic mass is 9.78. The van der Waals surface area contributed by atoms with Crippen LogP contribution in [0.25, 0.3) is 0 Å². The van der Waals surface area contributed by atoms with Crippen LogP contribution in [0.15, 0.2) is 0 Å². The predicted octanol–water partition coefficient (Wildman–Crippen LogP) is 4.42. The quantitative estimate of drug-likeness (QED) is 0.748. The third kappa shape index (κ3) is 3.35. The molecule has 3 nitrogen and oxygen atoms in total. The standard InChI is InChI=1S/C17H29NO2/c1-3-5-11-15-17(4-2,12-18)13-19-16(20-15)14-9-7-6-8-10-14/h14-16H,3-11,13H2,1-2H3. The Kier molecular flexibility index (Phi) is 5.86. The first-order chi connectivity index (χ1) is 9.75. The van der Waals surface area contributed by atoms with E-state index in [4.69, 9.17) is 9.47 Å². The summed E-state index contributed by atoms with van der Waals surface area (Å²) in [5, 5.41) is 9.60. The minimum absolute atomic E-state index is 0.0538. The Bertz CT molecular complexity index is 332. The number of nitriles is 1. The van der Waals surface area contributed by atoms with Crippen LogP contribution in [0.3, 0.4) is 0 Å². The van der Waals surface area contributed by atoms with Gasteiger partial charge in [-0.1, -0.05) is 46.0 Å². The van der Waals surface area contributed by atoms with Crippen LogP contribution in [0.5, 0.6) is 0 Å². The lowest BCUT2D eigenvalue weighted by Gasteiger charge is -2.44. The van der Waals surface area contributed by atoms with Crippen molar-refractivity contribution in [1.82, 2.24) is 0 Å². The second-order valence-electron chi connectivity index (χ2n) is 6.47. The van der Waals surface area contributed by atoms with Gasteiger partial charge >= 0.3 is 0 Å². The molecule has 2 fully saturated rings. The highest BCUT2D eigenvalue weighted by molar-refractivity contribution is 5.05. The molecule has 0 aromatic carbocycles. The molecule has 0 spiro atoms. The molecule has 2 aliphatic rings. The van der Waals surface area contributed by atoms with Gasteiger partial charge in [-0.15, -0.1) is 0 Å². The molecule has 0 bridgehead atoms. The van der Waals surface area contributed by atoms with E-state index in [9.17, 15) is 5.26 Å². The molecular weight excluding hydrogens is 250 g/mol. The average molecular weight is 279 g/mol. The summed E-state index contributed by atoms with van der Waals surface area (Å²) >= 11 is 0. The number of rotatable bonds is 5. The zero-order valence-electron chi connectivity index (χ0n) is 13.1. The van der Waals surface area contributed by atoms with Gasteiger partial charge < -0.3 is 9.47 Å². The number of ether oxygens (including phenoxy) is 2. The van der Waals surface area contributed by atoms with Gasteiger partial charge in [-0.2, -0.15) is 5.26 Å². The summed E-state index contributed by atoms with van der Waals surface area (Å²) < 4.78 is 12.3. The van der Waals surface area contributed by atoms with Crippen LogP contribution in [0.4, 0.5) is 0 Å². The molecule has 1 saturated heterocycles. The molecule has 1 heterocycles. The topological polar surface area (TPSA) is 42.2 Å². The molecule has 114 valence electrons. The van der Waals surface area contributed by atoms with Crippen LogP contribution in [0.1, 0.15) is 71.6 Å². The highest BCUT2D eigenvalue weighted by atomic mass is 16.7. The van der Waals surface area contributed by atoms with Crippen LogP contribution < -0.4 is 0 Å². The summed E-state index contributed by atoms with van der Waals surface area (Å²) in [6.07, 6.45) is 10.5. The van der Waals surface area contributed by atoms with Crippen molar-refractivity contribution >= 4 is 0 Å². The Morgan fingerprint density at radius 1 is 1.20 bits per heavy atom. The smallest absolute Gasteiger partial charge is 0.160 e. The van der Waals surface area contributed by atoms with E-state index < -0.39 is 5.41 Å². The van der Waals surface area contributed by atoms with E-state index in [2.05, 4.69) is 19.9 Å². The van der Waals surface area contributed by atoms with E-state index in [1.54, 1.807) is 0 Å². The first-order valence-electron chi connectivity index (χ1n) is 8.44. The maximum atomic E-state index is 9.60. The first-order valence-corrected chi connectivity index (χ1v) is 8.44. The van der Waals surface area contributed by atoms with Gasteiger partial charge in [0.1, 0.15) is 5.41 Å². The molecule has 1 saturated carbocycles. The van der Waals surface area contributed by atoms with Crippen molar-refractivity contribution in [2.45, 2.75) is 84.0 Å². The van der Waals surface area contributed by atoms with Gasteiger partial charge in [0.15, 0.2) is 6.29 Å². The fraction of sp³-hybridized carbons (Fsp3) is 0.941. The molecule has 0 aromatic heterocycles. The van der Waals surface area contributed by atoms with E-state index in [-0.39, 0.29) is 12.4 Å². The van der Waals surface area contributed by atoms with Gasteiger partial charge in [0, 0.05) is 5.92 Å². The van der Waals surface area contributed by atoms with Crippen LogP contribution in [0, 0.1) is 22.7 Å². The van der Waals surface area contributed by atoms with Gasteiger partial charge in [-0.05, 0) is 25.7 Å². The van der Waals surface area contributed by atoms with Crippen LogP contribution in [-0.4, -0.2) is 19.0 Å². The van der Waals surface area contributed by atoms with E-state index in [0.29, 0.717) is 12.5 Å². The molecule has 0 N–H and O–H groups in total. The van der Waals surface area contributed by atoms with Crippen molar-refractivity contribution < 1.29 is 9.47 Å². The molecule has 20 heavy (non-hydrogen) atoms.